The van der Waals surface area contributed by atoms with Gasteiger partial charge in [0.05, 0.1) is 7.11 Å². The van der Waals surface area contributed by atoms with Gasteiger partial charge in [0.1, 0.15) is 5.92 Å². The maximum atomic E-state index is 12.3. The van der Waals surface area contributed by atoms with Crippen molar-refractivity contribution in [3.05, 3.63) is 34.9 Å². The quantitative estimate of drug-likeness (QED) is 0.467. The number of Topliss-reactive ketones (excluding diaryl/α,β-unsaturated/α-hetero) is 1. The van der Waals surface area contributed by atoms with Crippen LogP contribution in [0, 0.1) is 25.7 Å². The molecule has 18 heavy (non-hydrogen) atoms. The molecule has 3 heteroatoms. The van der Waals surface area contributed by atoms with Crippen molar-refractivity contribution in [2.45, 2.75) is 27.7 Å². The van der Waals surface area contributed by atoms with Crippen molar-refractivity contribution in [2.75, 3.05) is 7.11 Å². The topological polar surface area (TPSA) is 43.4 Å². The van der Waals surface area contributed by atoms with Crippen LogP contribution in [0.4, 0.5) is 0 Å². The maximum Gasteiger partial charge on any atom is 0.316 e. The van der Waals surface area contributed by atoms with Crippen LogP contribution in [0.15, 0.2) is 18.2 Å². The minimum atomic E-state index is -0.725. The zero-order chi connectivity index (χ0) is 13.9. The van der Waals surface area contributed by atoms with E-state index < -0.39 is 11.9 Å². The van der Waals surface area contributed by atoms with Gasteiger partial charge in [-0.3, -0.25) is 9.59 Å². The van der Waals surface area contributed by atoms with Crippen LogP contribution in [0.5, 0.6) is 0 Å². The molecule has 1 unspecified atom stereocenters. The highest BCUT2D eigenvalue weighted by Crippen LogP contribution is 2.20. The summed E-state index contributed by atoms with van der Waals surface area (Å²) in [5.74, 6) is -1.43. The molecule has 1 atom stereocenters. The molecule has 0 fully saturated rings. The number of ether oxygens (including phenoxy) is 1. The number of rotatable bonds is 4. The van der Waals surface area contributed by atoms with Crippen molar-refractivity contribution < 1.29 is 14.3 Å². The zero-order valence-corrected chi connectivity index (χ0v) is 11.6. The van der Waals surface area contributed by atoms with Crippen molar-refractivity contribution in [3.63, 3.8) is 0 Å². The van der Waals surface area contributed by atoms with Crippen LogP contribution in [-0.4, -0.2) is 18.9 Å². The van der Waals surface area contributed by atoms with Crippen LogP contribution in [0.3, 0.4) is 0 Å². The predicted molar refractivity (Wildman–Crippen MR) is 70.6 cm³/mol. The minimum absolute atomic E-state index is 0.0773. The number of carbonyl (C=O) groups excluding carboxylic acids is 2. The van der Waals surface area contributed by atoms with Crippen LogP contribution < -0.4 is 0 Å². The van der Waals surface area contributed by atoms with Gasteiger partial charge < -0.3 is 4.74 Å². The van der Waals surface area contributed by atoms with E-state index >= 15 is 0 Å². The Labute approximate surface area is 108 Å². The van der Waals surface area contributed by atoms with Crippen molar-refractivity contribution in [1.82, 2.24) is 0 Å². The molecule has 1 aromatic carbocycles. The Morgan fingerprint density at radius 3 is 2.17 bits per heavy atom. The Morgan fingerprint density at radius 1 is 1.11 bits per heavy atom. The van der Waals surface area contributed by atoms with Gasteiger partial charge in [-0.1, -0.05) is 26.0 Å². The summed E-state index contributed by atoms with van der Waals surface area (Å²) in [6.07, 6.45) is 0. The van der Waals surface area contributed by atoms with E-state index in [9.17, 15) is 9.59 Å². The lowest BCUT2D eigenvalue weighted by Gasteiger charge is -2.17. The third-order valence-electron chi connectivity index (χ3n) is 3.20. The van der Waals surface area contributed by atoms with E-state index in [1.807, 2.05) is 39.8 Å². The molecule has 0 aromatic heterocycles. The largest absolute Gasteiger partial charge is 0.468 e. The lowest BCUT2D eigenvalue weighted by Crippen LogP contribution is -2.30. The lowest BCUT2D eigenvalue weighted by molar-refractivity contribution is -0.144. The maximum absolute atomic E-state index is 12.3. The molecular formula is C15H20O3. The first-order valence-electron chi connectivity index (χ1n) is 6.07. The number of aryl methyl sites for hydroxylation is 2. The highest BCUT2D eigenvalue weighted by molar-refractivity contribution is 6.08. The van der Waals surface area contributed by atoms with Crippen molar-refractivity contribution >= 4 is 11.8 Å². The molecule has 98 valence electrons. The molecule has 0 spiro atoms. The molecule has 0 aliphatic carbocycles. The van der Waals surface area contributed by atoms with E-state index in [0.29, 0.717) is 5.56 Å². The lowest BCUT2D eigenvalue weighted by atomic mass is 9.87. The fourth-order valence-electron chi connectivity index (χ4n) is 1.88. The molecule has 1 aromatic rings. The monoisotopic (exact) mass is 248 g/mol. The van der Waals surface area contributed by atoms with Gasteiger partial charge in [-0.15, -0.1) is 0 Å². The molecule has 3 nitrogen and oxygen atoms in total. The summed E-state index contributed by atoms with van der Waals surface area (Å²) in [6, 6.07) is 5.50. The van der Waals surface area contributed by atoms with Gasteiger partial charge in [0.2, 0.25) is 0 Å². The number of hydrogen-bond acceptors (Lipinski definition) is 3. The first-order chi connectivity index (χ1) is 8.38. The third kappa shape index (κ3) is 2.97. The summed E-state index contributed by atoms with van der Waals surface area (Å²) < 4.78 is 4.71. The van der Waals surface area contributed by atoms with E-state index in [-0.39, 0.29) is 11.7 Å². The third-order valence-corrected chi connectivity index (χ3v) is 3.20. The minimum Gasteiger partial charge on any atom is -0.468 e. The molecule has 0 N–H and O–H groups in total. The Hall–Kier alpha value is -1.64. The molecule has 0 saturated carbocycles. The summed E-state index contributed by atoms with van der Waals surface area (Å²) >= 11 is 0. The second kappa shape index (κ2) is 5.80. The average molecular weight is 248 g/mol. The molecule has 0 saturated heterocycles. The normalized spacial score (nSPS) is 12.3. The smallest absolute Gasteiger partial charge is 0.316 e. The Morgan fingerprint density at radius 2 is 1.72 bits per heavy atom. The zero-order valence-electron chi connectivity index (χ0n) is 11.6. The average Bonchev–Trinajstić information content (AvgIpc) is 2.32. The summed E-state index contributed by atoms with van der Waals surface area (Å²) in [5.41, 5.74) is 2.75. The van der Waals surface area contributed by atoms with Crippen molar-refractivity contribution in [1.29, 1.82) is 0 Å². The van der Waals surface area contributed by atoms with E-state index in [0.717, 1.165) is 11.1 Å². The molecule has 0 amide bonds. The van der Waals surface area contributed by atoms with Gasteiger partial charge in [0, 0.05) is 5.56 Å². The number of hydrogen-bond donors (Lipinski definition) is 0. The van der Waals surface area contributed by atoms with Gasteiger partial charge >= 0.3 is 5.97 Å². The van der Waals surface area contributed by atoms with Crippen LogP contribution in [0.25, 0.3) is 0 Å². The number of carbonyl (C=O) groups is 2. The number of methoxy groups -OCH3 is 1. The van der Waals surface area contributed by atoms with E-state index in [1.165, 1.54) is 7.11 Å². The summed E-state index contributed by atoms with van der Waals surface area (Å²) in [6.45, 7) is 7.64. The van der Waals surface area contributed by atoms with Gasteiger partial charge in [-0.05, 0) is 37.0 Å². The van der Waals surface area contributed by atoms with Crippen molar-refractivity contribution in [2.24, 2.45) is 11.8 Å². The first kappa shape index (κ1) is 14.4. The predicted octanol–water partition coefficient (Wildman–Crippen LogP) is 2.93. The van der Waals surface area contributed by atoms with Crippen LogP contribution in [0.2, 0.25) is 0 Å². The van der Waals surface area contributed by atoms with E-state index in [4.69, 9.17) is 4.74 Å². The molecular weight excluding hydrogens is 228 g/mol. The summed E-state index contributed by atoms with van der Waals surface area (Å²) in [4.78, 5) is 24.0. The molecule has 1 rings (SSSR count). The Kier molecular flexibility index (Phi) is 4.65. The molecule has 0 radical (unpaired) electrons. The van der Waals surface area contributed by atoms with Gasteiger partial charge in [0.25, 0.3) is 0 Å². The Balaban J connectivity index is 3.10. The highest BCUT2D eigenvalue weighted by atomic mass is 16.5. The molecule has 0 bridgehead atoms. The van der Waals surface area contributed by atoms with Crippen molar-refractivity contribution in [3.8, 4) is 0 Å². The fraction of sp³-hybridized carbons (Fsp3) is 0.467. The molecule has 0 aliphatic heterocycles. The number of ketones is 1. The Bertz CT molecular complexity index is 461. The summed E-state index contributed by atoms with van der Waals surface area (Å²) in [5, 5.41) is 0. The molecule has 0 heterocycles. The standard InChI is InChI=1S/C15H20O3/c1-9(2)13(15(17)18-5)14(16)12-7-6-10(3)11(4)8-12/h6-9,13H,1-5H3. The number of esters is 1. The van der Waals surface area contributed by atoms with E-state index in [1.54, 1.807) is 6.07 Å². The second-order valence-electron chi connectivity index (χ2n) is 4.91. The van der Waals surface area contributed by atoms with Crippen LogP contribution in [-0.2, 0) is 9.53 Å². The van der Waals surface area contributed by atoms with Crippen LogP contribution >= 0.6 is 0 Å². The first-order valence-corrected chi connectivity index (χ1v) is 6.07. The van der Waals surface area contributed by atoms with Gasteiger partial charge in [-0.25, -0.2) is 0 Å². The number of benzene rings is 1. The van der Waals surface area contributed by atoms with Gasteiger partial charge in [0.15, 0.2) is 5.78 Å². The summed E-state index contributed by atoms with van der Waals surface area (Å²) in [7, 11) is 1.31. The SMILES string of the molecule is COC(=O)C(C(=O)c1ccc(C)c(C)c1)C(C)C. The fourth-order valence-corrected chi connectivity index (χ4v) is 1.88. The molecule has 0 aliphatic rings. The second-order valence-corrected chi connectivity index (χ2v) is 4.91. The van der Waals surface area contributed by atoms with E-state index in [2.05, 4.69) is 0 Å². The highest BCUT2D eigenvalue weighted by Gasteiger charge is 2.31. The van der Waals surface area contributed by atoms with Crippen LogP contribution in [0.1, 0.15) is 35.3 Å². The van der Waals surface area contributed by atoms with Gasteiger partial charge in [-0.2, -0.15) is 0 Å².